The molecule has 0 atom stereocenters. The third-order valence-electron chi connectivity index (χ3n) is 4.50. The van der Waals surface area contributed by atoms with Gasteiger partial charge in [-0.05, 0) is 54.1 Å². The van der Waals surface area contributed by atoms with Gasteiger partial charge in [-0.25, -0.2) is 9.18 Å². The van der Waals surface area contributed by atoms with Gasteiger partial charge in [-0.15, -0.1) is 4.68 Å². The molecule has 4 rings (SSSR count). The first-order valence-electron chi connectivity index (χ1n) is 9.57. The molecular formula is C23H17FN4O4. The van der Waals surface area contributed by atoms with Crippen molar-refractivity contribution in [2.24, 2.45) is 5.10 Å². The second-order valence-corrected chi connectivity index (χ2v) is 6.72. The van der Waals surface area contributed by atoms with Crippen molar-refractivity contribution in [3.8, 4) is 5.75 Å². The molecule has 1 heterocycles. The number of carbonyl (C=O) groups is 1. The fraction of sp³-hybridized carbons (Fsp3) is 0.0435. The number of ether oxygens (including phenoxy) is 1. The molecule has 0 fully saturated rings. The molecule has 0 aliphatic heterocycles. The van der Waals surface area contributed by atoms with Gasteiger partial charge in [0.1, 0.15) is 11.6 Å². The molecule has 0 aliphatic carbocycles. The van der Waals surface area contributed by atoms with E-state index in [0.717, 1.165) is 4.68 Å². The standard InChI is InChI=1S/C23H17FN4O4/c24-18-6-2-4-8-20(18)26-21(29)14-32-16-11-9-15(10-12-16)13-25-28-22(30)17-5-1-3-7-19(17)27-23(28)31/h1-13H,14H2,(H,26,29)(H,27,31). The quantitative estimate of drug-likeness (QED) is 0.457. The van der Waals surface area contributed by atoms with Crippen molar-refractivity contribution in [1.29, 1.82) is 0 Å². The summed E-state index contributed by atoms with van der Waals surface area (Å²) in [7, 11) is 0. The number of anilines is 1. The number of hydrogen-bond donors (Lipinski definition) is 2. The number of nitrogens with zero attached hydrogens (tertiary/aromatic N) is 2. The minimum absolute atomic E-state index is 0.0755. The molecule has 0 unspecified atom stereocenters. The Balaban J connectivity index is 1.41. The summed E-state index contributed by atoms with van der Waals surface area (Å²) < 4.78 is 19.7. The lowest BCUT2D eigenvalue weighted by Crippen LogP contribution is -2.32. The summed E-state index contributed by atoms with van der Waals surface area (Å²) in [5.41, 5.74) is -0.0547. The van der Waals surface area contributed by atoms with Crippen molar-refractivity contribution in [2.45, 2.75) is 0 Å². The van der Waals surface area contributed by atoms with Crippen LogP contribution in [-0.2, 0) is 4.79 Å². The summed E-state index contributed by atoms with van der Waals surface area (Å²) in [5.74, 6) is -0.629. The Bertz CT molecular complexity index is 1420. The minimum Gasteiger partial charge on any atom is -0.484 e. The van der Waals surface area contributed by atoms with Crippen LogP contribution >= 0.6 is 0 Å². The third-order valence-corrected chi connectivity index (χ3v) is 4.50. The molecule has 9 heteroatoms. The highest BCUT2D eigenvalue weighted by molar-refractivity contribution is 5.92. The van der Waals surface area contributed by atoms with E-state index in [2.05, 4.69) is 15.4 Å². The zero-order chi connectivity index (χ0) is 22.5. The lowest BCUT2D eigenvalue weighted by Gasteiger charge is -2.08. The molecule has 0 saturated heterocycles. The molecule has 32 heavy (non-hydrogen) atoms. The van der Waals surface area contributed by atoms with E-state index >= 15 is 0 Å². The van der Waals surface area contributed by atoms with Crippen LogP contribution in [0.2, 0.25) is 0 Å². The Morgan fingerprint density at radius 3 is 2.53 bits per heavy atom. The number of fused-ring (bicyclic) bond motifs is 1. The first kappa shape index (κ1) is 20.7. The molecule has 1 aromatic heterocycles. The van der Waals surface area contributed by atoms with E-state index in [1.54, 1.807) is 54.6 Å². The van der Waals surface area contributed by atoms with Crippen LogP contribution in [0.15, 0.2) is 87.5 Å². The Hall–Kier alpha value is -4.53. The second-order valence-electron chi connectivity index (χ2n) is 6.72. The van der Waals surface area contributed by atoms with Gasteiger partial charge < -0.3 is 15.0 Å². The van der Waals surface area contributed by atoms with Gasteiger partial charge >= 0.3 is 5.69 Å². The highest BCUT2D eigenvalue weighted by Crippen LogP contribution is 2.14. The summed E-state index contributed by atoms with van der Waals surface area (Å²) >= 11 is 0. The van der Waals surface area contributed by atoms with E-state index in [4.69, 9.17) is 4.74 Å². The molecule has 3 aromatic carbocycles. The van der Waals surface area contributed by atoms with Crippen molar-refractivity contribution < 1.29 is 13.9 Å². The molecule has 1 amide bonds. The predicted molar refractivity (Wildman–Crippen MR) is 119 cm³/mol. The average Bonchev–Trinajstić information content (AvgIpc) is 2.80. The van der Waals surface area contributed by atoms with Crippen LogP contribution in [0, 0.1) is 5.82 Å². The number of H-pyrrole nitrogens is 1. The van der Waals surface area contributed by atoms with Gasteiger partial charge in [-0.2, -0.15) is 5.10 Å². The fourth-order valence-electron chi connectivity index (χ4n) is 2.93. The molecule has 8 nitrogen and oxygen atoms in total. The normalized spacial score (nSPS) is 11.0. The maximum absolute atomic E-state index is 13.6. The maximum Gasteiger partial charge on any atom is 0.349 e. The van der Waals surface area contributed by atoms with Crippen LogP contribution < -0.4 is 21.3 Å². The lowest BCUT2D eigenvalue weighted by molar-refractivity contribution is -0.118. The maximum atomic E-state index is 13.6. The first-order valence-corrected chi connectivity index (χ1v) is 9.57. The van der Waals surface area contributed by atoms with Gasteiger partial charge in [0.05, 0.1) is 22.8 Å². The molecule has 0 radical (unpaired) electrons. The zero-order valence-electron chi connectivity index (χ0n) is 16.6. The van der Waals surface area contributed by atoms with E-state index in [-0.39, 0.29) is 12.3 Å². The second kappa shape index (κ2) is 9.09. The Labute approximate surface area is 180 Å². The number of nitrogens with one attached hydrogen (secondary N) is 2. The van der Waals surface area contributed by atoms with Gasteiger partial charge in [0, 0.05) is 0 Å². The van der Waals surface area contributed by atoms with Crippen LogP contribution in [0.5, 0.6) is 5.75 Å². The fourth-order valence-corrected chi connectivity index (χ4v) is 2.93. The minimum atomic E-state index is -0.647. The summed E-state index contributed by atoms with van der Waals surface area (Å²) in [4.78, 5) is 39.2. The molecule has 160 valence electrons. The molecule has 0 bridgehead atoms. The van der Waals surface area contributed by atoms with E-state index in [1.807, 2.05) is 0 Å². The van der Waals surface area contributed by atoms with Crippen LogP contribution in [0.1, 0.15) is 5.56 Å². The van der Waals surface area contributed by atoms with Gasteiger partial charge in [-0.1, -0.05) is 24.3 Å². The monoisotopic (exact) mass is 432 g/mol. The Kier molecular flexibility index (Phi) is 5.89. The molecule has 0 aliphatic rings. The van der Waals surface area contributed by atoms with Gasteiger partial charge in [0.25, 0.3) is 11.5 Å². The number of halogens is 1. The highest BCUT2D eigenvalue weighted by Gasteiger charge is 2.08. The van der Waals surface area contributed by atoms with Crippen molar-refractivity contribution in [3.63, 3.8) is 0 Å². The van der Waals surface area contributed by atoms with E-state index in [0.29, 0.717) is 22.2 Å². The van der Waals surface area contributed by atoms with Gasteiger partial charge in [0.15, 0.2) is 6.61 Å². The van der Waals surface area contributed by atoms with E-state index < -0.39 is 23.0 Å². The highest BCUT2D eigenvalue weighted by atomic mass is 19.1. The van der Waals surface area contributed by atoms with Gasteiger partial charge in [0.2, 0.25) is 0 Å². The van der Waals surface area contributed by atoms with E-state index in [9.17, 15) is 18.8 Å². The zero-order valence-corrected chi connectivity index (χ0v) is 16.6. The molecule has 2 N–H and O–H groups in total. The number of rotatable bonds is 6. The van der Waals surface area contributed by atoms with Crippen molar-refractivity contribution in [3.05, 3.63) is 105 Å². The van der Waals surface area contributed by atoms with Crippen molar-refractivity contribution in [1.82, 2.24) is 9.66 Å². The van der Waals surface area contributed by atoms with Crippen molar-refractivity contribution >= 4 is 28.7 Å². The third kappa shape index (κ3) is 4.62. The summed E-state index contributed by atoms with van der Waals surface area (Å²) in [6, 6.07) is 19.0. The number of aromatic nitrogens is 2. The predicted octanol–water partition coefficient (Wildman–Crippen LogP) is 2.73. The molecular weight excluding hydrogens is 415 g/mol. The van der Waals surface area contributed by atoms with Crippen LogP contribution in [-0.4, -0.2) is 28.4 Å². The SMILES string of the molecule is O=C(COc1ccc(C=Nn2c(=O)[nH]c3ccccc3c2=O)cc1)Nc1ccccc1F. The van der Waals surface area contributed by atoms with Gasteiger partial charge in [-0.3, -0.25) is 9.59 Å². The summed E-state index contributed by atoms with van der Waals surface area (Å²) in [6.45, 7) is -0.302. The van der Waals surface area contributed by atoms with Crippen LogP contribution in [0.25, 0.3) is 10.9 Å². The molecule has 0 spiro atoms. The lowest BCUT2D eigenvalue weighted by atomic mass is 10.2. The number of benzene rings is 3. The summed E-state index contributed by atoms with van der Waals surface area (Å²) in [6.07, 6.45) is 1.36. The largest absolute Gasteiger partial charge is 0.484 e. The average molecular weight is 432 g/mol. The Morgan fingerprint density at radius 2 is 1.75 bits per heavy atom. The number of aromatic amines is 1. The Morgan fingerprint density at radius 1 is 1.03 bits per heavy atom. The number of para-hydroxylation sites is 2. The van der Waals surface area contributed by atoms with E-state index in [1.165, 1.54) is 24.4 Å². The van der Waals surface area contributed by atoms with Crippen LogP contribution in [0.4, 0.5) is 10.1 Å². The number of carbonyl (C=O) groups excluding carboxylic acids is 1. The summed E-state index contributed by atoms with van der Waals surface area (Å²) in [5, 5.41) is 6.76. The first-order chi connectivity index (χ1) is 15.5. The smallest absolute Gasteiger partial charge is 0.349 e. The van der Waals surface area contributed by atoms with Crippen LogP contribution in [0.3, 0.4) is 0 Å². The van der Waals surface area contributed by atoms with Crippen molar-refractivity contribution in [2.75, 3.05) is 11.9 Å². The molecule has 4 aromatic rings. The number of hydrogen-bond acceptors (Lipinski definition) is 5. The topological polar surface area (TPSA) is 106 Å². The molecule has 0 saturated carbocycles. The number of amides is 1.